The van der Waals surface area contributed by atoms with Crippen LogP contribution < -0.4 is 5.73 Å². The second-order valence-corrected chi connectivity index (χ2v) is 5.69. The second kappa shape index (κ2) is 4.17. The van der Waals surface area contributed by atoms with Gasteiger partial charge in [0.2, 0.25) is 0 Å². The maximum Gasteiger partial charge on any atom is 0.0753 e. The molecular weight excluding hydrogens is 176 g/mol. The Morgan fingerprint density at radius 1 is 1.43 bits per heavy atom. The molecule has 1 heterocycles. The molecule has 0 atom stereocenters. The van der Waals surface area contributed by atoms with Crippen molar-refractivity contribution in [1.29, 1.82) is 0 Å². The molecule has 0 aromatic heterocycles. The fourth-order valence-corrected chi connectivity index (χ4v) is 1.92. The minimum absolute atomic E-state index is 0.00291. The molecule has 3 nitrogen and oxygen atoms in total. The summed E-state index contributed by atoms with van der Waals surface area (Å²) in [5.74, 6) is 0. The van der Waals surface area contributed by atoms with E-state index in [1.807, 2.05) is 0 Å². The molecule has 0 aliphatic carbocycles. The standard InChI is InChI=1S/C11H24N2O/c1-10(2,7-12)8-13-5-6-14-11(3,4)9-13/h5-9,12H2,1-4H3. The van der Waals surface area contributed by atoms with E-state index in [1.54, 1.807) is 0 Å². The summed E-state index contributed by atoms with van der Waals surface area (Å²) < 4.78 is 5.67. The summed E-state index contributed by atoms with van der Waals surface area (Å²) in [4.78, 5) is 2.45. The van der Waals surface area contributed by atoms with Gasteiger partial charge in [0.1, 0.15) is 0 Å². The van der Waals surface area contributed by atoms with Crippen molar-refractivity contribution >= 4 is 0 Å². The number of nitrogens with two attached hydrogens (primary N) is 1. The Morgan fingerprint density at radius 3 is 2.57 bits per heavy atom. The highest BCUT2D eigenvalue weighted by Crippen LogP contribution is 2.21. The highest BCUT2D eigenvalue weighted by molar-refractivity contribution is 4.83. The molecule has 0 aromatic carbocycles. The van der Waals surface area contributed by atoms with Crippen LogP contribution in [0, 0.1) is 5.41 Å². The maximum absolute atomic E-state index is 5.73. The van der Waals surface area contributed by atoms with Crippen molar-refractivity contribution in [1.82, 2.24) is 4.90 Å². The van der Waals surface area contributed by atoms with Crippen LogP contribution in [0.25, 0.3) is 0 Å². The van der Waals surface area contributed by atoms with Crippen molar-refractivity contribution < 1.29 is 4.74 Å². The molecule has 1 fully saturated rings. The van der Waals surface area contributed by atoms with E-state index in [2.05, 4.69) is 32.6 Å². The van der Waals surface area contributed by atoms with E-state index in [0.717, 1.165) is 32.8 Å². The molecule has 1 aliphatic heterocycles. The molecule has 0 radical (unpaired) electrons. The number of hydrogen-bond acceptors (Lipinski definition) is 3. The lowest BCUT2D eigenvalue weighted by atomic mass is 9.92. The summed E-state index contributed by atoms with van der Waals surface area (Å²) in [6, 6.07) is 0. The van der Waals surface area contributed by atoms with Gasteiger partial charge in [-0.3, -0.25) is 4.90 Å². The van der Waals surface area contributed by atoms with Crippen molar-refractivity contribution in [3.05, 3.63) is 0 Å². The molecule has 0 spiro atoms. The van der Waals surface area contributed by atoms with Gasteiger partial charge in [0, 0.05) is 19.6 Å². The Hall–Kier alpha value is -0.120. The number of morpholine rings is 1. The summed E-state index contributed by atoms with van der Waals surface area (Å²) in [6.45, 7) is 13.4. The smallest absolute Gasteiger partial charge is 0.0753 e. The van der Waals surface area contributed by atoms with Gasteiger partial charge in [0.25, 0.3) is 0 Å². The van der Waals surface area contributed by atoms with Crippen LogP contribution in [0.4, 0.5) is 0 Å². The van der Waals surface area contributed by atoms with Crippen LogP contribution in [-0.2, 0) is 4.74 Å². The first kappa shape index (κ1) is 12.0. The molecule has 1 saturated heterocycles. The second-order valence-electron chi connectivity index (χ2n) is 5.69. The third-order valence-electron chi connectivity index (χ3n) is 2.71. The van der Waals surface area contributed by atoms with Gasteiger partial charge in [-0.05, 0) is 25.8 Å². The van der Waals surface area contributed by atoms with E-state index in [1.165, 1.54) is 0 Å². The van der Waals surface area contributed by atoms with Gasteiger partial charge in [-0.1, -0.05) is 13.8 Å². The summed E-state index contributed by atoms with van der Waals surface area (Å²) in [7, 11) is 0. The van der Waals surface area contributed by atoms with Gasteiger partial charge in [-0.2, -0.15) is 0 Å². The number of ether oxygens (including phenoxy) is 1. The lowest BCUT2D eigenvalue weighted by Crippen LogP contribution is -2.51. The zero-order chi connectivity index (χ0) is 10.8. The summed E-state index contributed by atoms with van der Waals surface area (Å²) >= 11 is 0. The van der Waals surface area contributed by atoms with Gasteiger partial charge < -0.3 is 10.5 Å². The van der Waals surface area contributed by atoms with Crippen molar-refractivity contribution in [3.8, 4) is 0 Å². The molecule has 0 saturated carbocycles. The normalized spacial score (nSPS) is 23.8. The maximum atomic E-state index is 5.73. The lowest BCUT2D eigenvalue weighted by Gasteiger charge is -2.41. The Kier molecular flexibility index (Phi) is 3.56. The quantitative estimate of drug-likeness (QED) is 0.741. The molecule has 0 unspecified atom stereocenters. The van der Waals surface area contributed by atoms with Crippen LogP contribution in [0.5, 0.6) is 0 Å². The molecule has 1 rings (SSSR count). The predicted octanol–water partition coefficient (Wildman–Crippen LogP) is 1.08. The number of rotatable bonds is 3. The molecular formula is C11H24N2O. The van der Waals surface area contributed by atoms with Gasteiger partial charge >= 0.3 is 0 Å². The molecule has 0 aromatic rings. The van der Waals surface area contributed by atoms with E-state index >= 15 is 0 Å². The van der Waals surface area contributed by atoms with Crippen LogP contribution in [0.3, 0.4) is 0 Å². The largest absolute Gasteiger partial charge is 0.373 e. The Morgan fingerprint density at radius 2 is 2.07 bits per heavy atom. The van der Waals surface area contributed by atoms with E-state index in [-0.39, 0.29) is 11.0 Å². The van der Waals surface area contributed by atoms with Crippen LogP contribution in [0.15, 0.2) is 0 Å². The Labute approximate surface area is 87.6 Å². The monoisotopic (exact) mass is 200 g/mol. The highest BCUT2D eigenvalue weighted by Gasteiger charge is 2.30. The lowest BCUT2D eigenvalue weighted by molar-refractivity contribution is -0.0921. The van der Waals surface area contributed by atoms with Crippen LogP contribution >= 0.6 is 0 Å². The zero-order valence-corrected chi connectivity index (χ0v) is 9.97. The predicted molar refractivity (Wildman–Crippen MR) is 59.3 cm³/mol. The minimum atomic E-state index is 0.00291. The van der Waals surface area contributed by atoms with Crippen LogP contribution in [0.1, 0.15) is 27.7 Å². The fourth-order valence-electron chi connectivity index (χ4n) is 1.92. The van der Waals surface area contributed by atoms with Crippen molar-refractivity contribution in [2.24, 2.45) is 11.1 Å². The van der Waals surface area contributed by atoms with Gasteiger partial charge in [0.15, 0.2) is 0 Å². The number of nitrogens with zero attached hydrogens (tertiary/aromatic N) is 1. The van der Waals surface area contributed by atoms with Crippen molar-refractivity contribution in [2.75, 3.05) is 32.8 Å². The van der Waals surface area contributed by atoms with Crippen LogP contribution in [-0.4, -0.2) is 43.3 Å². The summed E-state index contributed by atoms with van der Waals surface area (Å²) in [5, 5.41) is 0. The van der Waals surface area contributed by atoms with Crippen molar-refractivity contribution in [2.45, 2.75) is 33.3 Å². The van der Waals surface area contributed by atoms with Gasteiger partial charge in [-0.15, -0.1) is 0 Å². The van der Waals surface area contributed by atoms with E-state index in [0.29, 0.717) is 0 Å². The van der Waals surface area contributed by atoms with Gasteiger partial charge in [-0.25, -0.2) is 0 Å². The summed E-state index contributed by atoms with van der Waals surface area (Å²) in [5.41, 5.74) is 5.95. The summed E-state index contributed by atoms with van der Waals surface area (Å²) in [6.07, 6.45) is 0. The molecule has 84 valence electrons. The first-order valence-corrected chi connectivity index (χ1v) is 5.41. The Bertz CT molecular complexity index is 190. The average molecular weight is 200 g/mol. The third-order valence-corrected chi connectivity index (χ3v) is 2.71. The Balaban J connectivity index is 2.46. The average Bonchev–Trinajstić information content (AvgIpc) is 2.01. The molecule has 1 aliphatic rings. The molecule has 14 heavy (non-hydrogen) atoms. The van der Waals surface area contributed by atoms with E-state index < -0.39 is 0 Å². The molecule has 2 N–H and O–H groups in total. The van der Waals surface area contributed by atoms with Crippen molar-refractivity contribution in [3.63, 3.8) is 0 Å². The molecule has 0 amide bonds. The van der Waals surface area contributed by atoms with E-state index in [9.17, 15) is 0 Å². The minimum Gasteiger partial charge on any atom is -0.373 e. The molecule has 0 bridgehead atoms. The van der Waals surface area contributed by atoms with E-state index in [4.69, 9.17) is 10.5 Å². The topological polar surface area (TPSA) is 38.5 Å². The SMILES string of the molecule is CC(C)(CN)CN1CCOC(C)(C)C1. The first-order valence-electron chi connectivity index (χ1n) is 5.41. The zero-order valence-electron chi connectivity index (χ0n) is 9.97. The van der Waals surface area contributed by atoms with Crippen LogP contribution in [0.2, 0.25) is 0 Å². The third kappa shape index (κ3) is 3.56. The highest BCUT2D eigenvalue weighted by atomic mass is 16.5. The molecule has 3 heteroatoms. The number of hydrogen-bond donors (Lipinski definition) is 1. The first-order chi connectivity index (χ1) is 6.35. The van der Waals surface area contributed by atoms with Gasteiger partial charge in [0.05, 0.1) is 12.2 Å². The fraction of sp³-hybridized carbons (Fsp3) is 1.00.